The minimum Gasteiger partial charge on any atom is -0.482 e. The first kappa shape index (κ1) is 21.9. The lowest BCUT2D eigenvalue weighted by atomic mass is 10.1. The second kappa shape index (κ2) is 10.3. The molecule has 1 aliphatic carbocycles. The molecule has 156 valence electrons. The number of ether oxygens (including phenoxy) is 2. The summed E-state index contributed by atoms with van der Waals surface area (Å²) in [7, 11) is 0. The first-order chi connectivity index (χ1) is 14.0. The van der Waals surface area contributed by atoms with Gasteiger partial charge in [-0.1, -0.05) is 36.5 Å². The maximum atomic E-state index is 12.7. The van der Waals surface area contributed by atoms with Crippen molar-refractivity contribution in [3.05, 3.63) is 44.2 Å². The number of carbonyl (C=O) groups excluding carboxylic acids is 2. The Morgan fingerprint density at radius 3 is 2.72 bits per heavy atom. The van der Waals surface area contributed by atoms with Crippen LogP contribution >= 0.6 is 34.5 Å². The van der Waals surface area contributed by atoms with Crippen molar-refractivity contribution in [3.63, 3.8) is 0 Å². The van der Waals surface area contributed by atoms with Crippen molar-refractivity contribution in [2.24, 2.45) is 0 Å². The van der Waals surface area contributed by atoms with Gasteiger partial charge in [0.25, 0.3) is 5.91 Å². The molecule has 1 heterocycles. The molecule has 0 radical (unpaired) electrons. The highest BCUT2D eigenvalue weighted by atomic mass is 35.5. The topological polar surface area (TPSA) is 64.6 Å². The average Bonchev–Trinajstić information content (AvgIpc) is 2.86. The molecule has 1 amide bonds. The maximum absolute atomic E-state index is 12.7. The van der Waals surface area contributed by atoms with Crippen LogP contribution in [0.5, 0.6) is 5.75 Å². The Balaban J connectivity index is 1.74. The molecule has 1 aliphatic rings. The molecule has 0 aliphatic heterocycles. The number of hydrogen-bond acceptors (Lipinski definition) is 5. The van der Waals surface area contributed by atoms with Crippen LogP contribution in [0.4, 0.5) is 5.00 Å². The SMILES string of the molecule is CCCOC(=O)c1c(NC(=O)COc2ccc(Cl)cc2Cl)sc2c1CCCCC2. The Bertz CT molecular complexity index is 897. The van der Waals surface area contributed by atoms with E-state index in [0.717, 1.165) is 49.0 Å². The Morgan fingerprint density at radius 2 is 1.97 bits per heavy atom. The van der Waals surface area contributed by atoms with Crippen LogP contribution in [0.25, 0.3) is 0 Å². The van der Waals surface area contributed by atoms with Crippen LogP contribution in [0.2, 0.25) is 10.0 Å². The highest BCUT2D eigenvalue weighted by Crippen LogP contribution is 2.38. The number of fused-ring (bicyclic) bond motifs is 1. The Morgan fingerprint density at radius 1 is 1.17 bits per heavy atom. The van der Waals surface area contributed by atoms with Crippen molar-refractivity contribution >= 4 is 51.4 Å². The minimum atomic E-state index is -0.372. The summed E-state index contributed by atoms with van der Waals surface area (Å²) < 4.78 is 10.9. The smallest absolute Gasteiger partial charge is 0.341 e. The normalized spacial score (nSPS) is 13.3. The summed E-state index contributed by atoms with van der Waals surface area (Å²) in [4.78, 5) is 26.3. The molecule has 0 fully saturated rings. The van der Waals surface area contributed by atoms with E-state index in [-0.39, 0.29) is 18.5 Å². The number of thiophene rings is 1. The summed E-state index contributed by atoms with van der Waals surface area (Å²) in [6.45, 7) is 2.08. The fraction of sp³-hybridized carbons (Fsp3) is 0.429. The van der Waals surface area contributed by atoms with E-state index in [1.807, 2.05) is 6.92 Å². The zero-order valence-electron chi connectivity index (χ0n) is 16.2. The predicted octanol–water partition coefficient (Wildman–Crippen LogP) is 5.91. The van der Waals surface area contributed by atoms with Crippen molar-refractivity contribution in [3.8, 4) is 5.75 Å². The van der Waals surface area contributed by atoms with Crippen LogP contribution in [0, 0.1) is 0 Å². The van der Waals surface area contributed by atoms with Gasteiger partial charge in [-0.25, -0.2) is 4.79 Å². The fourth-order valence-corrected chi connectivity index (χ4v) is 4.97. The van der Waals surface area contributed by atoms with Crippen LogP contribution in [-0.2, 0) is 22.4 Å². The molecular weight excluding hydrogens is 433 g/mol. The van der Waals surface area contributed by atoms with Crippen molar-refractivity contribution in [1.29, 1.82) is 0 Å². The molecule has 0 atom stereocenters. The summed E-state index contributed by atoms with van der Waals surface area (Å²) in [5.74, 6) is -0.365. The molecule has 3 rings (SSSR count). The van der Waals surface area contributed by atoms with E-state index in [0.29, 0.717) is 33.0 Å². The van der Waals surface area contributed by atoms with Crippen molar-refractivity contribution in [2.75, 3.05) is 18.5 Å². The maximum Gasteiger partial charge on any atom is 0.341 e. The average molecular weight is 456 g/mol. The van der Waals surface area contributed by atoms with Gasteiger partial charge in [-0.05, 0) is 55.9 Å². The zero-order valence-corrected chi connectivity index (χ0v) is 18.5. The number of nitrogens with one attached hydrogen (secondary N) is 1. The Labute approximate surface area is 184 Å². The quantitative estimate of drug-likeness (QED) is 0.416. The van der Waals surface area contributed by atoms with Gasteiger partial charge in [-0.15, -0.1) is 11.3 Å². The van der Waals surface area contributed by atoms with Gasteiger partial charge >= 0.3 is 5.97 Å². The molecule has 0 saturated carbocycles. The molecule has 0 bridgehead atoms. The summed E-state index contributed by atoms with van der Waals surface area (Å²) in [6, 6.07) is 4.80. The predicted molar refractivity (Wildman–Crippen MR) is 117 cm³/mol. The van der Waals surface area contributed by atoms with Gasteiger partial charge in [0.05, 0.1) is 17.2 Å². The molecule has 29 heavy (non-hydrogen) atoms. The Hall–Kier alpha value is -1.76. The van der Waals surface area contributed by atoms with Crippen LogP contribution < -0.4 is 10.1 Å². The van der Waals surface area contributed by atoms with Gasteiger partial charge in [0.2, 0.25) is 0 Å². The first-order valence-corrected chi connectivity index (χ1v) is 11.3. The summed E-state index contributed by atoms with van der Waals surface area (Å²) in [5, 5.41) is 4.19. The van der Waals surface area contributed by atoms with E-state index in [1.165, 1.54) is 11.3 Å². The molecule has 1 N–H and O–H groups in total. The van der Waals surface area contributed by atoms with Gasteiger partial charge in [-0.2, -0.15) is 0 Å². The lowest BCUT2D eigenvalue weighted by Crippen LogP contribution is -2.21. The van der Waals surface area contributed by atoms with Gasteiger partial charge < -0.3 is 14.8 Å². The third-order valence-electron chi connectivity index (χ3n) is 4.57. The molecule has 1 aromatic carbocycles. The van der Waals surface area contributed by atoms with E-state index in [1.54, 1.807) is 18.2 Å². The molecule has 5 nitrogen and oxygen atoms in total. The monoisotopic (exact) mass is 455 g/mol. The number of halogens is 2. The third-order valence-corrected chi connectivity index (χ3v) is 6.31. The largest absolute Gasteiger partial charge is 0.482 e. The number of benzene rings is 1. The van der Waals surface area contributed by atoms with Crippen molar-refractivity contribution < 1.29 is 19.1 Å². The number of esters is 1. The number of hydrogen-bond donors (Lipinski definition) is 1. The molecule has 1 aromatic heterocycles. The van der Waals surface area contributed by atoms with E-state index in [9.17, 15) is 9.59 Å². The number of amides is 1. The lowest BCUT2D eigenvalue weighted by Gasteiger charge is -2.10. The molecule has 0 unspecified atom stereocenters. The van der Waals surface area contributed by atoms with Crippen LogP contribution in [0.15, 0.2) is 18.2 Å². The molecule has 8 heteroatoms. The van der Waals surface area contributed by atoms with Gasteiger partial charge in [0.1, 0.15) is 10.8 Å². The van der Waals surface area contributed by atoms with Crippen LogP contribution in [-0.4, -0.2) is 25.1 Å². The zero-order chi connectivity index (χ0) is 20.8. The molecule has 0 saturated heterocycles. The first-order valence-electron chi connectivity index (χ1n) is 9.69. The summed E-state index contributed by atoms with van der Waals surface area (Å²) in [5.41, 5.74) is 1.52. The molecule has 0 spiro atoms. The fourth-order valence-electron chi connectivity index (χ4n) is 3.21. The summed E-state index contributed by atoms with van der Waals surface area (Å²) >= 11 is 13.4. The van der Waals surface area contributed by atoms with E-state index in [4.69, 9.17) is 32.7 Å². The number of rotatable bonds is 7. The second-order valence-corrected chi connectivity index (χ2v) is 8.76. The highest BCUT2D eigenvalue weighted by molar-refractivity contribution is 7.17. The van der Waals surface area contributed by atoms with Crippen molar-refractivity contribution in [2.45, 2.75) is 45.4 Å². The van der Waals surface area contributed by atoms with Gasteiger partial charge in [0, 0.05) is 9.90 Å². The third kappa shape index (κ3) is 5.65. The van der Waals surface area contributed by atoms with E-state index >= 15 is 0 Å². The Kier molecular flexibility index (Phi) is 7.81. The summed E-state index contributed by atoms with van der Waals surface area (Å²) in [6.07, 6.45) is 5.75. The van der Waals surface area contributed by atoms with Crippen LogP contribution in [0.3, 0.4) is 0 Å². The number of aryl methyl sites for hydroxylation is 1. The second-order valence-electron chi connectivity index (χ2n) is 6.82. The van der Waals surface area contributed by atoms with Gasteiger partial charge in [0.15, 0.2) is 6.61 Å². The van der Waals surface area contributed by atoms with E-state index < -0.39 is 0 Å². The molecular formula is C21H23Cl2NO4S. The minimum absolute atomic E-state index is 0.229. The van der Waals surface area contributed by atoms with Crippen molar-refractivity contribution in [1.82, 2.24) is 0 Å². The number of carbonyl (C=O) groups is 2. The number of anilines is 1. The molecule has 2 aromatic rings. The van der Waals surface area contributed by atoms with E-state index in [2.05, 4.69) is 5.32 Å². The lowest BCUT2D eigenvalue weighted by molar-refractivity contribution is -0.118. The van der Waals surface area contributed by atoms with Crippen LogP contribution in [0.1, 0.15) is 53.4 Å². The standard InChI is InChI=1S/C21H23Cl2NO4S/c1-2-10-27-21(26)19-14-6-4-3-5-7-17(14)29-20(19)24-18(25)12-28-16-9-8-13(22)11-15(16)23/h8-9,11H,2-7,10,12H2,1H3,(H,24,25). The van der Waals surface area contributed by atoms with Gasteiger partial charge in [-0.3, -0.25) is 4.79 Å². The highest BCUT2D eigenvalue weighted by Gasteiger charge is 2.26.